The zero-order chi connectivity index (χ0) is 15.7. The van der Waals surface area contributed by atoms with Crippen molar-refractivity contribution in [1.29, 1.82) is 0 Å². The molecule has 1 aromatic heterocycles. The van der Waals surface area contributed by atoms with Gasteiger partial charge in [0.2, 0.25) is 5.91 Å². The molecular weight excluding hydrogens is 260 g/mol. The van der Waals surface area contributed by atoms with Crippen LogP contribution in [0.1, 0.15) is 50.1 Å². The minimum atomic E-state index is -1.23. The monoisotopic (exact) mass is 282 g/mol. The Hall–Kier alpha value is -1.85. The van der Waals surface area contributed by atoms with Gasteiger partial charge in [-0.1, -0.05) is 12.1 Å². The van der Waals surface area contributed by atoms with Gasteiger partial charge in [-0.2, -0.15) is 0 Å². The van der Waals surface area contributed by atoms with E-state index >= 15 is 0 Å². The fraction of sp³-hybridized carbons (Fsp3) is 0.643. The van der Waals surface area contributed by atoms with Crippen LogP contribution in [-0.2, 0) is 9.59 Å². The van der Waals surface area contributed by atoms with Crippen molar-refractivity contribution in [3.8, 4) is 0 Å². The van der Waals surface area contributed by atoms with Crippen LogP contribution in [0, 0.1) is 13.8 Å². The number of amides is 1. The van der Waals surface area contributed by atoms with Gasteiger partial charge >= 0.3 is 5.97 Å². The van der Waals surface area contributed by atoms with E-state index in [1.807, 2.05) is 13.8 Å². The molecule has 112 valence electrons. The van der Waals surface area contributed by atoms with E-state index in [1.165, 1.54) is 25.8 Å². The van der Waals surface area contributed by atoms with Crippen LogP contribution in [-0.4, -0.2) is 39.6 Å². The first-order valence-corrected chi connectivity index (χ1v) is 6.51. The molecule has 1 atom stereocenters. The number of aromatic nitrogens is 1. The standard InChI is InChI=1S/C14H22N2O4/c1-8(12-9(2)15-20-10(12)3)7-11(17)16(6)14(4,5)13(18)19/h8H,7H2,1-6H3,(H,18,19). The predicted molar refractivity (Wildman–Crippen MR) is 73.5 cm³/mol. The van der Waals surface area contributed by atoms with Gasteiger partial charge in [0.15, 0.2) is 0 Å². The number of carbonyl (C=O) groups is 2. The number of carbonyl (C=O) groups excluding carboxylic acids is 1. The molecule has 20 heavy (non-hydrogen) atoms. The third-order valence-corrected chi connectivity index (χ3v) is 3.80. The zero-order valence-electron chi connectivity index (χ0n) is 12.9. The van der Waals surface area contributed by atoms with Crippen LogP contribution in [0.15, 0.2) is 4.52 Å². The third kappa shape index (κ3) is 3.00. The molecule has 1 amide bonds. The first-order chi connectivity index (χ1) is 9.09. The Morgan fingerprint density at radius 3 is 2.35 bits per heavy atom. The van der Waals surface area contributed by atoms with Crippen molar-refractivity contribution in [2.45, 2.75) is 52.5 Å². The summed E-state index contributed by atoms with van der Waals surface area (Å²) in [5.41, 5.74) is 0.457. The number of carboxylic acids is 1. The quantitative estimate of drug-likeness (QED) is 0.894. The summed E-state index contributed by atoms with van der Waals surface area (Å²) >= 11 is 0. The number of likely N-dealkylation sites (N-methyl/N-ethyl adjacent to an activating group) is 1. The van der Waals surface area contributed by atoms with E-state index in [2.05, 4.69) is 5.16 Å². The molecule has 0 aromatic carbocycles. The normalized spacial score (nSPS) is 13.1. The second kappa shape index (κ2) is 5.64. The Balaban J connectivity index is 2.84. The highest BCUT2D eigenvalue weighted by atomic mass is 16.5. The molecule has 0 aliphatic rings. The summed E-state index contributed by atoms with van der Waals surface area (Å²) in [6.45, 7) is 8.56. The van der Waals surface area contributed by atoms with Crippen molar-refractivity contribution in [3.05, 3.63) is 17.0 Å². The molecule has 0 radical (unpaired) electrons. The fourth-order valence-corrected chi connectivity index (χ4v) is 2.15. The minimum Gasteiger partial charge on any atom is -0.480 e. The molecule has 6 nitrogen and oxygen atoms in total. The topological polar surface area (TPSA) is 83.6 Å². The highest BCUT2D eigenvalue weighted by molar-refractivity contribution is 5.86. The molecule has 6 heteroatoms. The maximum absolute atomic E-state index is 12.2. The first kappa shape index (κ1) is 16.2. The van der Waals surface area contributed by atoms with Crippen LogP contribution in [0.5, 0.6) is 0 Å². The number of hydrogen-bond donors (Lipinski definition) is 1. The lowest BCUT2D eigenvalue weighted by Crippen LogP contribution is -2.51. The maximum atomic E-state index is 12.2. The van der Waals surface area contributed by atoms with Crippen LogP contribution in [0.25, 0.3) is 0 Å². The van der Waals surface area contributed by atoms with Gasteiger partial charge in [0.1, 0.15) is 11.3 Å². The van der Waals surface area contributed by atoms with Crippen molar-refractivity contribution in [2.75, 3.05) is 7.05 Å². The SMILES string of the molecule is Cc1noc(C)c1C(C)CC(=O)N(C)C(C)(C)C(=O)O. The maximum Gasteiger partial charge on any atom is 0.329 e. The average Bonchev–Trinajstić information content (AvgIpc) is 2.67. The Labute approximate surface area is 118 Å². The van der Waals surface area contributed by atoms with Gasteiger partial charge in [-0.25, -0.2) is 4.79 Å². The van der Waals surface area contributed by atoms with E-state index in [1.54, 1.807) is 6.92 Å². The van der Waals surface area contributed by atoms with Crippen molar-refractivity contribution < 1.29 is 19.2 Å². The molecule has 0 spiro atoms. The Morgan fingerprint density at radius 2 is 1.95 bits per heavy atom. The Bertz CT molecular complexity index is 500. The number of carboxylic acid groups (broad SMARTS) is 1. The average molecular weight is 282 g/mol. The summed E-state index contributed by atoms with van der Waals surface area (Å²) in [7, 11) is 1.51. The lowest BCUT2D eigenvalue weighted by atomic mass is 9.94. The second-order valence-corrected chi connectivity index (χ2v) is 5.66. The summed E-state index contributed by atoms with van der Waals surface area (Å²) in [5, 5.41) is 13.0. The van der Waals surface area contributed by atoms with Crippen molar-refractivity contribution in [3.63, 3.8) is 0 Å². The van der Waals surface area contributed by atoms with Gasteiger partial charge < -0.3 is 14.5 Å². The second-order valence-electron chi connectivity index (χ2n) is 5.66. The van der Waals surface area contributed by atoms with Crippen LogP contribution < -0.4 is 0 Å². The van der Waals surface area contributed by atoms with Crippen LogP contribution in [0.4, 0.5) is 0 Å². The summed E-state index contributed by atoms with van der Waals surface area (Å²) in [6, 6.07) is 0. The van der Waals surface area contributed by atoms with Gasteiger partial charge in [-0.3, -0.25) is 4.79 Å². The van der Waals surface area contributed by atoms with E-state index in [-0.39, 0.29) is 18.2 Å². The van der Waals surface area contributed by atoms with E-state index in [0.717, 1.165) is 11.3 Å². The molecule has 1 rings (SSSR count). The molecule has 1 heterocycles. The smallest absolute Gasteiger partial charge is 0.329 e. The van der Waals surface area contributed by atoms with Crippen molar-refractivity contribution in [2.24, 2.45) is 0 Å². The number of hydrogen-bond acceptors (Lipinski definition) is 4. The molecule has 0 bridgehead atoms. The predicted octanol–water partition coefficient (Wildman–Crippen LogP) is 2.11. The number of aliphatic carboxylic acids is 1. The number of nitrogens with zero attached hydrogens (tertiary/aromatic N) is 2. The molecule has 0 aliphatic heterocycles. The Kier molecular flexibility index (Phi) is 4.57. The van der Waals surface area contributed by atoms with Gasteiger partial charge in [0.25, 0.3) is 0 Å². The number of aryl methyl sites for hydroxylation is 2. The van der Waals surface area contributed by atoms with Gasteiger partial charge in [-0.15, -0.1) is 0 Å². The molecule has 0 saturated carbocycles. The highest BCUT2D eigenvalue weighted by Crippen LogP contribution is 2.27. The summed E-state index contributed by atoms with van der Waals surface area (Å²) in [5.74, 6) is -0.619. The van der Waals surface area contributed by atoms with Gasteiger partial charge in [0, 0.05) is 19.0 Å². The zero-order valence-corrected chi connectivity index (χ0v) is 12.9. The lowest BCUT2D eigenvalue weighted by molar-refractivity contribution is -0.155. The molecule has 1 unspecified atom stereocenters. The highest BCUT2D eigenvalue weighted by Gasteiger charge is 2.35. The summed E-state index contributed by atoms with van der Waals surface area (Å²) in [4.78, 5) is 24.7. The molecule has 1 aromatic rings. The molecule has 0 aliphatic carbocycles. The number of rotatable bonds is 5. The van der Waals surface area contributed by atoms with E-state index in [9.17, 15) is 9.59 Å². The molecule has 0 saturated heterocycles. The van der Waals surface area contributed by atoms with Crippen LogP contribution >= 0.6 is 0 Å². The largest absolute Gasteiger partial charge is 0.480 e. The molecule has 1 N–H and O–H groups in total. The van der Waals surface area contributed by atoms with Crippen LogP contribution in [0.2, 0.25) is 0 Å². The van der Waals surface area contributed by atoms with E-state index in [0.29, 0.717) is 5.76 Å². The summed E-state index contributed by atoms with van der Waals surface area (Å²) in [6.07, 6.45) is 0.218. The van der Waals surface area contributed by atoms with E-state index in [4.69, 9.17) is 9.63 Å². The molecular formula is C14H22N2O4. The lowest BCUT2D eigenvalue weighted by Gasteiger charge is -2.32. The van der Waals surface area contributed by atoms with Crippen molar-refractivity contribution >= 4 is 11.9 Å². The minimum absolute atomic E-state index is 0.0687. The molecule has 0 fully saturated rings. The Morgan fingerprint density at radius 1 is 1.40 bits per heavy atom. The fourth-order valence-electron chi connectivity index (χ4n) is 2.15. The van der Waals surface area contributed by atoms with Gasteiger partial charge in [0.05, 0.1) is 5.69 Å². The van der Waals surface area contributed by atoms with Crippen LogP contribution in [0.3, 0.4) is 0 Å². The third-order valence-electron chi connectivity index (χ3n) is 3.80. The van der Waals surface area contributed by atoms with Gasteiger partial charge in [-0.05, 0) is 33.6 Å². The van der Waals surface area contributed by atoms with E-state index < -0.39 is 11.5 Å². The first-order valence-electron chi connectivity index (χ1n) is 6.51. The van der Waals surface area contributed by atoms with Crippen molar-refractivity contribution in [1.82, 2.24) is 10.1 Å². The summed E-state index contributed by atoms with van der Waals surface area (Å²) < 4.78 is 5.09.